The maximum Gasteiger partial charge on any atom is 0.434 e. The van der Waals surface area contributed by atoms with E-state index in [1.807, 2.05) is 14.0 Å². The average Bonchev–Trinajstić information content (AvgIpc) is 3.02. The van der Waals surface area contributed by atoms with E-state index in [-0.39, 0.29) is 24.0 Å². The van der Waals surface area contributed by atoms with Gasteiger partial charge in [0.1, 0.15) is 0 Å². The molecule has 0 atom stereocenters. The Morgan fingerprint density at radius 3 is 2.65 bits per heavy atom. The first-order valence-corrected chi connectivity index (χ1v) is 8.96. The van der Waals surface area contributed by atoms with Gasteiger partial charge in [-0.1, -0.05) is 0 Å². The fourth-order valence-electron chi connectivity index (χ4n) is 1.88. The normalized spacial score (nSPS) is 12.2. The molecule has 0 aliphatic rings. The largest absolute Gasteiger partial charge is 0.434 e. The molecule has 1 rings (SSSR count). The van der Waals surface area contributed by atoms with Gasteiger partial charge in [-0.15, -0.1) is 35.3 Å². The lowest BCUT2D eigenvalue weighted by molar-refractivity contribution is -0.140. The highest BCUT2D eigenvalue weighted by Gasteiger charge is 2.33. The van der Waals surface area contributed by atoms with E-state index >= 15 is 0 Å². The van der Waals surface area contributed by atoms with Crippen molar-refractivity contribution in [1.82, 2.24) is 20.5 Å². The molecule has 0 aromatic carbocycles. The van der Waals surface area contributed by atoms with Gasteiger partial charge in [0, 0.05) is 45.1 Å². The van der Waals surface area contributed by atoms with Crippen LogP contribution in [0.1, 0.15) is 17.6 Å². The van der Waals surface area contributed by atoms with Crippen molar-refractivity contribution in [2.45, 2.75) is 19.5 Å². The minimum atomic E-state index is -4.38. The zero-order chi connectivity index (χ0) is 18.7. The number of hydrogen-bond acceptors (Lipinski definition) is 5. The van der Waals surface area contributed by atoms with Crippen molar-refractivity contribution in [3.8, 4) is 0 Å². The van der Waals surface area contributed by atoms with Gasteiger partial charge < -0.3 is 20.3 Å². The van der Waals surface area contributed by atoms with Crippen LogP contribution in [-0.4, -0.2) is 69.3 Å². The van der Waals surface area contributed by atoms with Gasteiger partial charge in [0.2, 0.25) is 0 Å². The van der Waals surface area contributed by atoms with E-state index < -0.39 is 11.9 Å². The summed E-state index contributed by atoms with van der Waals surface area (Å²) in [6.07, 6.45) is -3.97. The Balaban J connectivity index is 0.00000625. The molecule has 0 radical (unpaired) electrons. The zero-order valence-electron chi connectivity index (χ0n) is 15.2. The molecule has 6 nitrogen and oxygen atoms in total. The predicted molar refractivity (Wildman–Crippen MR) is 110 cm³/mol. The van der Waals surface area contributed by atoms with E-state index in [0.29, 0.717) is 43.6 Å². The first kappa shape index (κ1) is 25.3. The maximum atomic E-state index is 12.5. The lowest BCUT2D eigenvalue weighted by atomic mass is 10.4. The predicted octanol–water partition coefficient (Wildman–Crippen LogP) is 2.46. The third-order valence-corrected chi connectivity index (χ3v) is 4.16. The number of alkyl halides is 3. The smallest absolute Gasteiger partial charge is 0.383 e. The first-order chi connectivity index (χ1) is 11.9. The van der Waals surface area contributed by atoms with Crippen LogP contribution in [0.5, 0.6) is 0 Å². The quantitative estimate of drug-likeness (QED) is 0.289. The number of methoxy groups -OCH3 is 1. The van der Waals surface area contributed by atoms with Gasteiger partial charge in [-0.3, -0.25) is 4.99 Å². The Morgan fingerprint density at radius 1 is 1.35 bits per heavy atom. The van der Waals surface area contributed by atoms with Gasteiger partial charge in [0.15, 0.2) is 11.7 Å². The first-order valence-electron chi connectivity index (χ1n) is 8.08. The van der Waals surface area contributed by atoms with Crippen molar-refractivity contribution in [2.24, 2.45) is 4.99 Å². The Morgan fingerprint density at radius 2 is 2.08 bits per heavy atom. The highest BCUT2D eigenvalue weighted by molar-refractivity contribution is 14.0. The number of guanidine groups is 1. The topological polar surface area (TPSA) is 61.8 Å². The number of nitrogens with one attached hydrogen (secondary N) is 2. The molecule has 0 amide bonds. The SMILES string of the molecule is CCNC(=NCCN(C)CCOC)NCCc1nc(C(F)(F)F)cs1.I. The minimum absolute atomic E-state index is 0. The van der Waals surface area contributed by atoms with Crippen molar-refractivity contribution in [3.63, 3.8) is 0 Å². The van der Waals surface area contributed by atoms with Crippen molar-refractivity contribution >= 4 is 41.3 Å². The molecule has 0 aliphatic heterocycles. The van der Waals surface area contributed by atoms with Gasteiger partial charge in [0.05, 0.1) is 18.2 Å². The molecular weight excluding hydrogens is 482 g/mol. The van der Waals surface area contributed by atoms with Crippen LogP contribution < -0.4 is 10.6 Å². The molecule has 26 heavy (non-hydrogen) atoms. The van der Waals surface area contributed by atoms with Crippen LogP contribution in [0.2, 0.25) is 0 Å². The second-order valence-electron chi connectivity index (χ2n) is 5.36. The molecule has 0 aliphatic carbocycles. The van der Waals surface area contributed by atoms with Gasteiger partial charge in [-0.25, -0.2) is 4.98 Å². The molecule has 0 bridgehead atoms. The van der Waals surface area contributed by atoms with E-state index in [4.69, 9.17) is 4.74 Å². The summed E-state index contributed by atoms with van der Waals surface area (Å²) >= 11 is 1.02. The number of rotatable bonds is 10. The Labute approximate surface area is 173 Å². The van der Waals surface area contributed by atoms with Gasteiger partial charge in [-0.2, -0.15) is 13.2 Å². The summed E-state index contributed by atoms with van der Waals surface area (Å²) in [5.41, 5.74) is -0.827. The van der Waals surface area contributed by atoms with Crippen LogP contribution in [0, 0.1) is 0 Å². The molecule has 11 heteroatoms. The minimum Gasteiger partial charge on any atom is -0.383 e. The van der Waals surface area contributed by atoms with Crippen molar-refractivity contribution in [1.29, 1.82) is 0 Å². The van der Waals surface area contributed by atoms with Crippen LogP contribution in [0.25, 0.3) is 0 Å². The molecule has 0 spiro atoms. The number of aliphatic imine (C=N–C) groups is 1. The molecular formula is C15H27F3IN5OS. The number of halogens is 4. The van der Waals surface area contributed by atoms with Crippen LogP contribution in [0.15, 0.2) is 10.4 Å². The standard InChI is InChI=1S/C15H26F3N5OS.HI/c1-4-19-14(21-7-8-23(2)9-10-24-3)20-6-5-13-22-12(11-25-13)15(16,17)18;/h11H,4-10H2,1-3H3,(H2,19,20,21);1H. The second-order valence-corrected chi connectivity index (χ2v) is 6.30. The van der Waals surface area contributed by atoms with E-state index in [9.17, 15) is 13.2 Å². The van der Waals surface area contributed by atoms with Gasteiger partial charge in [-0.05, 0) is 14.0 Å². The summed E-state index contributed by atoms with van der Waals surface area (Å²) in [5, 5.41) is 7.73. The molecule has 152 valence electrons. The molecule has 2 N–H and O–H groups in total. The van der Waals surface area contributed by atoms with E-state index in [2.05, 4.69) is 25.5 Å². The Bertz CT molecular complexity index is 528. The number of likely N-dealkylation sites (N-methyl/N-ethyl adjacent to an activating group) is 1. The summed E-state index contributed by atoms with van der Waals surface area (Å²) in [6.45, 7) is 6.05. The van der Waals surface area contributed by atoms with Crippen molar-refractivity contribution in [3.05, 3.63) is 16.1 Å². The molecule has 1 heterocycles. The lowest BCUT2D eigenvalue weighted by Crippen LogP contribution is -2.39. The zero-order valence-corrected chi connectivity index (χ0v) is 18.4. The van der Waals surface area contributed by atoms with E-state index in [1.54, 1.807) is 7.11 Å². The van der Waals surface area contributed by atoms with Crippen molar-refractivity contribution < 1.29 is 17.9 Å². The fraction of sp³-hybridized carbons (Fsp3) is 0.733. The van der Waals surface area contributed by atoms with Crippen LogP contribution in [0.3, 0.4) is 0 Å². The summed E-state index contributed by atoms with van der Waals surface area (Å²) in [4.78, 5) is 10.2. The summed E-state index contributed by atoms with van der Waals surface area (Å²) < 4.78 is 42.6. The van der Waals surface area contributed by atoms with Gasteiger partial charge in [0.25, 0.3) is 0 Å². The second kappa shape index (κ2) is 13.5. The third kappa shape index (κ3) is 10.5. The highest BCUT2D eigenvalue weighted by atomic mass is 127. The fourth-order valence-corrected chi connectivity index (χ4v) is 2.68. The molecule has 1 aromatic heterocycles. The van der Waals surface area contributed by atoms with Gasteiger partial charge >= 0.3 is 6.18 Å². The third-order valence-electron chi connectivity index (χ3n) is 3.25. The molecule has 0 unspecified atom stereocenters. The van der Waals surface area contributed by atoms with Crippen LogP contribution in [-0.2, 0) is 17.3 Å². The number of hydrogen-bond donors (Lipinski definition) is 2. The van der Waals surface area contributed by atoms with Crippen LogP contribution >= 0.6 is 35.3 Å². The monoisotopic (exact) mass is 509 g/mol. The Kier molecular flexibility index (Phi) is 13.2. The average molecular weight is 509 g/mol. The van der Waals surface area contributed by atoms with Crippen molar-refractivity contribution in [2.75, 3.05) is 53.5 Å². The highest BCUT2D eigenvalue weighted by Crippen LogP contribution is 2.29. The number of ether oxygens (including phenoxy) is 1. The molecule has 0 fully saturated rings. The lowest BCUT2D eigenvalue weighted by Gasteiger charge is -2.15. The number of nitrogens with zero attached hydrogens (tertiary/aromatic N) is 3. The van der Waals surface area contributed by atoms with Crippen LogP contribution in [0.4, 0.5) is 13.2 Å². The van der Waals surface area contributed by atoms with E-state index in [1.165, 1.54) is 0 Å². The molecule has 0 saturated heterocycles. The number of thiazole rings is 1. The molecule has 0 saturated carbocycles. The maximum absolute atomic E-state index is 12.5. The summed E-state index contributed by atoms with van der Waals surface area (Å²) in [5.74, 6) is 0.648. The Hall–Kier alpha value is -0.660. The summed E-state index contributed by atoms with van der Waals surface area (Å²) in [7, 11) is 3.66. The summed E-state index contributed by atoms with van der Waals surface area (Å²) in [6, 6.07) is 0. The van der Waals surface area contributed by atoms with E-state index in [0.717, 1.165) is 29.8 Å². The molecule has 1 aromatic rings. The number of aromatic nitrogens is 1.